The van der Waals surface area contributed by atoms with Gasteiger partial charge in [0.15, 0.2) is 0 Å². The summed E-state index contributed by atoms with van der Waals surface area (Å²) in [4.78, 5) is 48.4. The fourth-order valence-electron chi connectivity index (χ4n) is 2.90. The molecule has 0 atom stereocenters. The van der Waals surface area contributed by atoms with Gasteiger partial charge in [-0.25, -0.2) is 4.68 Å². The highest BCUT2D eigenvalue weighted by molar-refractivity contribution is 5.92. The number of benzene rings is 2. The van der Waals surface area contributed by atoms with Crippen LogP contribution in [0.4, 0.5) is 5.69 Å². The van der Waals surface area contributed by atoms with Crippen molar-refractivity contribution in [1.82, 2.24) is 15.1 Å². The zero-order chi connectivity index (χ0) is 21.7. The normalized spacial score (nSPS) is 10.9. The van der Waals surface area contributed by atoms with Crippen molar-refractivity contribution in [2.45, 2.75) is 33.4 Å². The summed E-state index contributed by atoms with van der Waals surface area (Å²) in [7, 11) is 0. The van der Waals surface area contributed by atoms with E-state index in [1.165, 1.54) is 0 Å². The first-order valence-corrected chi connectivity index (χ1v) is 9.73. The van der Waals surface area contributed by atoms with Crippen LogP contribution in [0.5, 0.6) is 0 Å². The summed E-state index contributed by atoms with van der Waals surface area (Å²) < 4.78 is 1.16. The minimum atomic E-state index is -0.366. The van der Waals surface area contributed by atoms with Crippen molar-refractivity contribution in [1.29, 1.82) is 0 Å². The summed E-state index contributed by atoms with van der Waals surface area (Å²) in [6, 6.07) is 13.8. The Morgan fingerprint density at radius 2 is 1.67 bits per heavy atom. The van der Waals surface area contributed by atoms with E-state index in [9.17, 15) is 19.2 Å². The number of carbonyl (C=O) groups excluding carboxylic acids is 2. The number of hydrogen-bond acceptors (Lipinski definition) is 4. The number of nitrogens with one attached hydrogen (secondary N) is 3. The third-order valence-electron chi connectivity index (χ3n) is 4.68. The number of nitrogens with zero attached hydrogens (tertiary/aromatic N) is 1. The van der Waals surface area contributed by atoms with Crippen molar-refractivity contribution >= 4 is 28.3 Å². The van der Waals surface area contributed by atoms with E-state index < -0.39 is 0 Å². The molecule has 0 bridgehead atoms. The summed E-state index contributed by atoms with van der Waals surface area (Å²) in [5, 5.41) is 8.76. The number of aryl methyl sites for hydroxylation is 1. The molecule has 2 amide bonds. The molecule has 30 heavy (non-hydrogen) atoms. The van der Waals surface area contributed by atoms with E-state index >= 15 is 0 Å². The second-order valence-corrected chi connectivity index (χ2v) is 7.31. The van der Waals surface area contributed by atoms with Crippen LogP contribution in [0, 0.1) is 5.92 Å². The Bertz CT molecular complexity index is 1180. The molecule has 0 aliphatic heterocycles. The third-order valence-corrected chi connectivity index (χ3v) is 4.68. The predicted octanol–water partition coefficient (Wildman–Crippen LogP) is 1.99. The highest BCUT2D eigenvalue weighted by atomic mass is 16.2. The van der Waals surface area contributed by atoms with Gasteiger partial charge in [-0.1, -0.05) is 38.1 Å². The van der Waals surface area contributed by atoms with E-state index in [0.29, 0.717) is 23.0 Å². The molecule has 1 heterocycles. The molecule has 1 aromatic heterocycles. The average molecular weight is 408 g/mol. The quantitative estimate of drug-likeness (QED) is 0.555. The number of carbonyl (C=O) groups is 2. The number of aromatic amines is 1. The summed E-state index contributed by atoms with van der Waals surface area (Å²) in [6.07, 6.45) is 0.0523. The minimum absolute atomic E-state index is 0.0523. The van der Waals surface area contributed by atoms with E-state index in [1.807, 2.05) is 26.0 Å². The van der Waals surface area contributed by atoms with E-state index in [2.05, 4.69) is 15.7 Å². The molecule has 0 spiro atoms. The molecule has 8 nitrogen and oxygen atoms in total. The van der Waals surface area contributed by atoms with Gasteiger partial charge in [0, 0.05) is 24.6 Å². The molecule has 3 N–H and O–H groups in total. The van der Waals surface area contributed by atoms with Gasteiger partial charge >= 0.3 is 0 Å². The summed E-state index contributed by atoms with van der Waals surface area (Å²) in [5.74, 6) is -0.403. The lowest BCUT2D eigenvalue weighted by molar-refractivity contribution is -0.121. The molecule has 3 rings (SSSR count). The zero-order valence-corrected chi connectivity index (χ0v) is 16.9. The monoisotopic (exact) mass is 408 g/mol. The Kier molecular flexibility index (Phi) is 6.46. The van der Waals surface area contributed by atoms with Crippen molar-refractivity contribution in [3.05, 3.63) is 74.8 Å². The van der Waals surface area contributed by atoms with Crippen LogP contribution in [0.1, 0.15) is 25.8 Å². The molecule has 0 fully saturated rings. The highest BCUT2D eigenvalue weighted by Gasteiger charge is 2.09. The van der Waals surface area contributed by atoms with Crippen molar-refractivity contribution in [2.24, 2.45) is 5.92 Å². The Morgan fingerprint density at radius 1 is 1.00 bits per heavy atom. The fourth-order valence-corrected chi connectivity index (χ4v) is 2.90. The highest BCUT2D eigenvalue weighted by Crippen LogP contribution is 2.11. The van der Waals surface area contributed by atoms with Gasteiger partial charge < -0.3 is 10.6 Å². The van der Waals surface area contributed by atoms with Gasteiger partial charge in [-0.3, -0.25) is 24.3 Å². The molecule has 156 valence electrons. The van der Waals surface area contributed by atoms with Crippen LogP contribution in [0.25, 0.3) is 10.8 Å². The predicted molar refractivity (Wildman–Crippen MR) is 115 cm³/mol. The summed E-state index contributed by atoms with van der Waals surface area (Å²) in [5.41, 5.74) is 0.873. The van der Waals surface area contributed by atoms with E-state index in [1.54, 1.807) is 36.4 Å². The number of fused-ring (bicyclic) bond motifs is 1. The molecule has 2 aromatic carbocycles. The van der Waals surface area contributed by atoms with Gasteiger partial charge in [0.05, 0.1) is 17.3 Å². The average Bonchev–Trinajstić information content (AvgIpc) is 2.74. The summed E-state index contributed by atoms with van der Waals surface area (Å²) in [6.45, 7) is 4.03. The maximum atomic E-state index is 12.5. The maximum absolute atomic E-state index is 12.5. The molecular formula is C22H24N4O4. The molecule has 0 aliphatic rings. The van der Waals surface area contributed by atoms with Gasteiger partial charge in [0.2, 0.25) is 11.8 Å². The first kappa shape index (κ1) is 21.0. The molecule has 8 heteroatoms. The Morgan fingerprint density at radius 3 is 2.33 bits per heavy atom. The molecule has 0 radical (unpaired) electrons. The Hall–Kier alpha value is -3.68. The van der Waals surface area contributed by atoms with Crippen molar-refractivity contribution in [3.63, 3.8) is 0 Å². The number of anilines is 1. The lowest BCUT2D eigenvalue weighted by atomic mass is 10.1. The number of aromatic nitrogens is 2. The number of rotatable bonds is 7. The second-order valence-electron chi connectivity index (χ2n) is 7.31. The standard InChI is InChI=1S/C22H24N4O4/c1-14(2)20(28)24-16-9-7-15(8-10-16)13-23-19(27)11-12-26-22(30)18-6-4-3-5-17(18)21(29)25-26/h3-10,14H,11-13H2,1-2H3,(H,23,27)(H,24,28)(H,25,29). The van der Waals surface area contributed by atoms with Crippen LogP contribution < -0.4 is 21.8 Å². The van der Waals surface area contributed by atoms with Gasteiger partial charge in [-0.2, -0.15) is 0 Å². The van der Waals surface area contributed by atoms with Crippen LogP contribution in [0.2, 0.25) is 0 Å². The minimum Gasteiger partial charge on any atom is -0.352 e. The van der Waals surface area contributed by atoms with E-state index in [-0.39, 0.29) is 41.8 Å². The van der Waals surface area contributed by atoms with E-state index in [4.69, 9.17) is 0 Å². The molecule has 0 saturated carbocycles. The Labute approximate surface area is 172 Å². The third kappa shape index (κ3) is 5.02. The van der Waals surface area contributed by atoms with Crippen LogP contribution in [0.3, 0.4) is 0 Å². The fraction of sp³-hybridized carbons (Fsp3) is 0.273. The lowest BCUT2D eigenvalue weighted by Crippen LogP contribution is -2.32. The van der Waals surface area contributed by atoms with Crippen molar-refractivity contribution in [2.75, 3.05) is 5.32 Å². The molecule has 0 aliphatic carbocycles. The van der Waals surface area contributed by atoms with Gasteiger partial charge in [0.25, 0.3) is 11.1 Å². The van der Waals surface area contributed by atoms with Gasteiger partial charge in [0.1, 0.15) is 0 Å². The maximum Gasteiger partial charge on any atom is 0.273 e. The SMILES string of the molecule is CC(C)C(=O)Nc1ccc(CNC(=O)CCn2[nH]c(=O)c3ccccc3c2=O)cc1. The number of hydrogen-bond donors (Lipinski definition) is 3. The van der Waals surface area contributed by atoms with Crippen molar-refractivity contribution < 1.29 is 9.59 Å². The first-order valence-electron chi connectivity index (χ1n) is 9.73. The first-order chi connectivity index (χ1) is 14.3. The zero-order valence-electron chi connectivity index (χ0n) is 16.9. The van der Waals surface area contributed by atoms with Gasteiger partial charge in [-0.15, -0.1) is 0 Å². The topological polar surface area (TPSA) is 113 Å². The smallest absolute Gasteiger partial charge is 0.273 e. The molecule has 0 unspecified atom stereocenters. The second kappa shape index (κ2) is 9.21. The Balaban J connectivity index is 1.55. The largest absolute Gasteiger partial charge is 0.352 e. The van der Waals surface area contributed by atoms with Crippen LogP contribution >= 0.6 is 0 Å². The van der Waals surface area contributed by atoms with Crippen LogP contribution in [-0.2, 0) is 22.7 Å². The summed E-state index contributed by atoms with van der Waals surface area (Å²) >= 11 is 0. The molecule has 0 saturated heterocycles. The molecular weight excluding hydrogens is 384 g/mol. The molecule has 3 aromatic rings. The van der Waals surface area contributed by atoms with Gasteiger partial charge in [-0.05, 0) is 29.8 Å². The van der Waals surface area contributed by atoms with E-state index in [0.717, 1.165) is 10.2 Å². The van der Waals surface area contributed by atoms with Crippen molar-refractivity contribution in [3.8, 4) is 0 Å². The number of H-pyrrole nitrogens is 1. The van der Waals surface area contributed by atoms with Crippen LogP contribution in [-0.4, -0.2) is 21.6 Å². The lowest BCUT2D eigenvalue weighted by Gasteiger charge is -2.10. The number of amides is 2. The van der Waals surface area contributed by atoms with Crippen LogP contribution in [0.15, 0.2) is 58.1 Å².